The summed E-state index contributed by atoms with van der Waals surface area (Å²) in [6.45, 7) is 0.552. The first kappa shape index (κ1) is 9.24. The summed E-state index contributed by atoms with van der Waals surface area (Å²) in [6, 6.07) is 8.16. The summed E-state index contributed by atoms with van der Waals surface area (Å²) in [6.07, 6.45) is 1.93. The van der Waals surface area contributed by atoms with E-state index in [1.54, 1.807) is 7.11 Å². The molecule has 2 rings (SSSR count). The zero-order chi connectivity index (χ0) is 9.97. The minimum atomic E-state index is -0.0423. The van der Waals surface area contributed by atoms with Gasteiger partial charge in [-0.25, -0.2) is 0 Å². The van der Waals surface area contributed by atoms with Crippen molar-refractivity contribution in [2.75, 3.05) is 13.7 Å². The second kappa shape index (κ2) is 3.82. The number of aromatic amines is 1. The molecule has 0 radical (unpaired) electrons. The largest absolute Gasteiger partial charge is 0.383 e. The number of methoxy groups -OCH3 is 1. The first-order valence-electron chi connectivity index (χ1n) is 4.63. The molecule has 1 heterocycles. The van der Waals surface area contributed by atoms with E-state index in [1.165, 1.54) is 5.39 Å². The van der Waals surface area contributed by atoms with Gasteiger partial charge in [0.2, 0.25) is 0 Å². The second-order valence-corrected chi connectivity index (χ2v) is 3.39. The van der Waals surface area contributed by atoms with E-state index in [4.69, 9.17) is 10.5 Å². The highest BCUT2D eigenvalue weighted by Gasteiger charge is 2.05. The second-order valence-electron chi connectivity index (χ2n) is 3.39. The van der Waals surface area contributed by atoms with Gasteiger partial charge >= 0.3 is 0 Å². The Balaban J connectivity index is 2.33. The van der Waals surface area contributed by atoms with Crippen LogP contribution in [-0.2, 0) is 4.74 Å². The molecule has 0 aliphatic rings. The SMILES string of the molecule is COC[C@@H](N)c1ccc2[nH]ccc2c1. The fraction of sp³-hybridized carbons (Fsp3) is 0.273. The van der Waals surface area contributed by atoms with E-state index in [9.17, 15) is 0 Å². The maximum atomic E-state index is 5.93. The third kappa shape index (κ3) is 1.64. The summed E-state index contributed by atoms with van der Waals surface area (Å²) >= 11 is 0. The minimum Gasteiger partial charge on any atom is -0.383 e. The molecule has 14 heavy (non-hydrogen) atoms. The fourth-order valence-electron chi connectivity index (χ4n) is 1.58. The van der Waals surface area contributed by atoms with E-state index in [-0.39, 0.29) is 6.04 Å². The molecule has 0 unspecified atom stereocenters. The average Bonchev–Trinajstić information content (AvgIpc) is 2.64. The molecule has 0 saturated carbocycles. The monoisotopic (exact) mass is 190 g/mol. The molecule has 0 bridgehead atoms. The molecule has 1 aromatic carbocycles. The number of nitrogens with two attached hydrogens (primary N) is 1. The summed E-state index contributed by atoms with van der Waals surface area (Å²) in [5, 5.41) is 1.19. The van der Waals surface area contributed by atoms with Crippen molar-refractivity contribution in [2.24, 2.45) is 5.73 Å². The van der Waals surface area contributed by atoms with Crippen molar-refractivity contribution < 1.29 is 4.74 Å². The molecule has 0 aliphatic carbocycles. The number of benzene rings is 1. The maximum absolute atomic E-state index is 5.93. The Labute approximate surface area is 82.9 Å². The molecular formula is C11H14N2O. The van der Waals surface area contributed by atoms with Gasteiger partial charge in [0.1, 0.15) is 0 Å². The summed E-state index contributed by atoms with van der Waals surface area (Å²) in [5.41, 5.74) is 8.18. The number of ether oxygens (including phenoxy) is 1. The lowest BCUT2D eigenvalue weighted by atomic mass is 10.1. The number of H-pyrrole nitrogens is 1. The van der Waals surface area contributed by atoms with Gasteiger partial charge in [-0.1, -0.05) is 6.07 Å². The van der Waals surface area contributed by atoms with Gasteiger partial charge in [0.15, 0.2) is 0 Å². The lowest BCUT2D eigenvalue weighted by Gasteiger charge is -2.10. The third-order valence-electron chi connectivity index (χ3n) is 2.35. The van der Waals surface area contributed by atoms with Crippen molar-refractivity contribution in [2.45, 2.75) is 6.04 Å². The first-order valence-corrected chi connectivity index (χ1v) is 4.63. The lowest BCUT2D eigenvalue weighted by molar-refractivity contribution is 0.181. The lowest BCUT2D eigenvalue weighted by Crippen LogP contribution is -2.15. The molecule has 0 aliphatic heterocycles. The zero-order valence-corrected chi connectivity index (χ0v) is 8.16. The summed E-state index contributed by atoms with van der Waals surface area (Å²) in [7, 11) is 1.66. The quantitative estimate of drug-likeness (QED) is 0.775. The molecule has 3 nitrogen and oxygen atoms in total. The first-order chi connectivity index (χ1) is 6.81. The molecule has 0 spiro atoms. The Bertz CT molecular complexity index is 422. The topological polar surface area (TPSA) is 51.0 Å². The highest BCUT2D eigenvalue weighted by molar-refractivity contribution is 5.80. The van der Waals surface area contributed by atoms with E-state index in [0.29, 0.717) is 6.61 Å². The molecule has 0 fully saturated rings. The highest BCUT2D eigenvalue weighted by atomic mass is 16.5. The van der Waals surface area contributed by atoms with Gasteiger partial charge < -0.3 is 15.5 Å². The molecule has 3 heteroatoms. The number of hydrogen-bond acceptors (Lipinski definition) is 2. The number of fused-ring (bicyclic) bond motifs is 1. The van der Waals surface area contributed by atoms with E-state index >= 15 is 0 Å². The van der Waals surface area contributed by atoms with Gasteiger partial charge in [-0.05, 0) is 29.1 Å². The molecule has 0 amide bonds. The molecule has 3 N–H and O–H groups in total. The van der Waals surface area contributed by atoms with E-state index < -0.39 is 0 Å². The Morgan fingerprint density at radius 1 is 1.43 bits per heavy atom. The van der Waals surface area contributed by atoms with Crippen LogP contribution in [0.15, 0.2) is 30.5 Å². The van der Waals surface area contributed by atoms with Crippen LogP contribution in [0.5, 0.6) is 0 Å². The van der Waals surface area contributed by atoms with Gasteiger partial charge in [-0.2, -0.15) is 0 Å². The van der Waals surface area contributed by atoms with Crippen molar-refractivity contribution in [3.8, 4) is 0 Å². The van der Waals surface area contributed by atoms with Crippen molar-refractivity contribution in [3.63, 3.8) is 0 Å². The maximum Gasteiger partial charge on any atom is 0.0655 e. The van der Waals surface area contributed by atoms with Gasteiger partial charge in [-0.15, -0.1) is 0 Å². The summed E-state index contributed by atoms with van der Waals surface area (Å²) in [5.74, 6) is 0. The Morgan fingerprint density at radius 3 is 3.07 bits per heavy atom. The normalized spacial score (nSPS) is 13.3. The Morgan fingerprint density at radius 2 is 2.29 bits per heavy atom. The van der Waals surface area contributed by atoms with E-state index in [0.717, 1.165) is 11.1 Å². The van der Waals surface area contributed by atoms with Crippen molar-refractivity contribution in [1.29, 1.82) is 0 Å². The summed E-state index contributed by atoms with van der Waals surface area (Å²) in [4.78, 5) is 3.15. The number of hydrogen-bond donors (Lipinski definition) is 2. The van der Waals surface area contributed by atoms with Crippen molar-refractivity contribution in [1.82, 2.24) is 4.98 Å². The van der Waals surface area contributed by atoms with Gasteiger partial charge in [0.05, 0.1) is 12.6 Å². The third-order valence-corrected chi connectivity index (χ3v) is 2.35. The Kier molecular flexibility index (Phi) is 2.52. The van der Waals surface area contributed by atoms with Crippen LogP contribution < -0.4 is 5.73 Å². The van der Waals surface area contributed by atoms with Crippen LogP contribution >= 0.6 is 0 Å². The van der Waals surface area contributed by atoms with Gasteiger partial charge in [-0.3, -0.25) is 0 Å². The smallest absolute Gasteiger partial charge is 0.0655 e. The van der Waals surface area contributed by atoms with Crippen LogP contribution in [0.25, 0.3) is 10.9 Å². The van der Waals surface area contributed by atoms with E-state index in [2.05, 4.69) is 11.1 Å². The molecular weight excluding hydrogens is 176 g/mol. The highest BCUT2D eigenvalue weighted by Crippen LogP contribution is 2.18. The van der Waals surface area contributed by atoms with Crippen molar-refractivity contribution in [3.05, 3.63) is 36.0 Å². The molecule has 0 saturated heterocycles. The predicted molar refractivity (Wildman–Crippen MR) is 57.1 cm³/mol. The number of aromatic nitrogens is 1. The average molecular weight is 190 g/mol. The molecule has 2 aromatic rings. The number of nitrogens with one attached hydrogen (secondary N) is 1. The number of rotatable bonds is 3. The summed E-state index contributed by atoms with van der Waals surface area (Å²) < 4.78 is 5.02. The standard InChI is InChI=1S/C11H14N2O/c1-14-7-10(12)8-2-3-11-9(6-8)4-5-13-11/h2-6,10,13H,7,12H2,1H3/t10-/m1/s1. The van der Waals surface area contributed by atoms with Crippen LogP contribution in [0.4, 0.5) is 0 Å². The molecule has 74 valence electrons. The molecule has 1 atom stereocenters. The van der Waals surface area contributed by atoms with Crippen molar-refractivity contribution >= 4 is 10.9 Å². The van der Waals surface area contributed by atoms with Crippen LogP contribution in [0.3, 0.4) is 0 Å². The van der Waals surface area contributed by atoms with Crippen LogP contribution in [0, 0.1) is 0 Å². The van der Waals surface area contributed by atoms with E-state index in [1.807, 2.05) is 24.4 Å². The Hall–Kier alpha value is -1.32. The van der Waals surface area contributed by atoms with Crippen LogP contribution in [-0.4, -0.2) is 18.7 Å². The minimum absolute atomic E-state index is 0.0423. The molecule has 1 aromatic heterocycles. The predicted octanol–water partition coefficient (Wildman–Crippen LogP) is 1.81. The fourth-order valence-corrected chi connectivity index (χ4v) is 1.58. The zero-order valence-electron chi connectivity index (χ0n) is 8.16. The van der Waals surface area contributed by atoms with Crippen LogP contribution in [0.2, 0.25) is 0 Å². The van der Waals surface area contributed by atoms with Gasteiger partial charge in [0, 0.05) is 18.8 Å². The van der Waals surface area contributed by atoms with Gasteiger partial charge in [0.25, 0.3) is 0 Å². The van der Waals surface area contributed by atoms with Crippen LogP contribution in [0.1, 0.15) is 11.6 Å².